The molecule has 2 N–H and O–H groups in total. The largest absolute Gasteiger partial charge is 0.327 e. The first kappa shape index (κ1) is 21.3. The van der Waals surface area contributed by atoms with Gasteiger partial charge in [-0.25, -0.2) is 4.79 Å². The first-order chi connectivity index (χ1) is 14.9. The van der Waals surface area contributed by atoms with Crippen LogP contribution in [0.4, 0.5) is 10.5 Å². The Morgan fingerprint density at radius 3 is 2.87 bits per heavy atom. The lowest BCUT2D eigenvalue weighted by atomic mass is 9.93. The van der Waals surface area contributed by atoms with Gasteiger partial charge in [0.2, 0.25) is 11.8 Å². The molecule has 2 aromatic rings. The van der Waals surface area contributed by atoms with Gasteiger partial charge in [-0.15, -0.1) is 0 Å². The van der Waals surface area contributed by atoms with Crippen LogP contribution in [0.3, 0.4) is 0 Å². The summed E-state index contributed by atoms with van der Waals surface area (Å²) in [6.07, 6.45) is 3.11. The average Bonchev–Trinajstić information content (AvgIpc) is 2.77. The number of rotatable bonds is 5. The quantitative estimate of drug-likeness (QED) is 0.743. The lowest BCUT2D eigenvalue weighted by Gasteiger charge is -2.46. The zero-order valence-corrected chi connectivity index (χ0v) is 17.9. The summed E-state index contributed by atoms with van der Waals surface area (Å²) in [6.45, 7) is 2.48. The maximum atomic E-state index is 13.3. The lowest BCUT2D eigenvalue weighted by Crippen LogP contribution is -2.70. The molecule has 3 heterocycles. The molecule has 4 amide bonds. The number of fused-ring (bicyclic) bond motifs is 1. The van der Waals surface area contributed by atoms with E-state index in [0.29, 0.717) is 29.4 Å². The summed E-state index contributed by atoms with van der Waals surface area (Å²) in [5, 5.41) is 6.57. The highest BCUT2D eigenvalue weighted by atomic mass is 35.5. The second-order valence-electron chi connectivity index (χ2n) is 7.81. The second-order valence-corrected chi connectivity index (χ2v) is 8.22. The molecule has 0 saturated carbocycles. The highest BCUT2D eigenvalue weighted by molar-refractivity contribution is 6.31. The molecule has 0 bridgehead atoms. The number of amides is 4. The minimum Gasteiger partial charge on any atom is -0.324 e. The Morgan fingerprint density at radius 1 is 1.29 bits per heavy atom. The Balaban J connectivity index is 1.53. The molecule has 0 aliphatic carbocycles. The maximum Gasteiger partial charge on any atom is 0.327 e. The van der Waals surface area contributed by atoms with Gasteiger partial charge in [0.25, 0.3) is 0 Å². The molecule has 162 valence electrons. The fourth-order valence-corrected chi connectivity index (χ4v) is 4.21. The van der Waals surface area contributed by atoms with Crippen molar-refractivity contribution in [1.82, 2.24) is 20.1 Å². The van der Waals surface area contributed by atoms with Gasteiger partial charge in [0.05, 0.1) is 18.3 Å². The third kappa shape index (κ3) is 4.55. The number of hydrogen-bond donors (Lipinski definition) is 2. The van der Waals surface area contributed by atoms with E-state index in [4.69, 9.17) is 11.6 Å². The average molecular weight is 442 g/mol. The van der Waals surface area contributed by atoms with Crippen molar-refractivity contribution in [3.8, 4) is 0 Å². The number of halogens is 1. The molecule has 8 nitrogen and oxygen atoms in total. The van der Waals surface area contributed by atoms with Crippen molar-refractivity contribution in [2.75, 3.05) is 18.4 Å². The first-order valence-corrected chi connectivity index (χ1v) is 10.6. The van der Waals surface area contributed by atoms with Crippen LogP contribution in [0.1, 0.15) is 24.1 Å². The van der Waals surface area contributed by atoms with E-state index in [1.54, 1.807) is 36.5 Å². The fourth-order valence-electron chi connectivity index (χ4n) is 4.03. The van der Waals surface area contributed by atoms with Crippen LogP contribution >= 0.6 is 11.6 Å². The van der Waals surface area contributed by atoms with Crippen molar-refractivity contribution < 1.29 is 14.4 Å². The fraction of sp³-hybridized carbons (Fsp3) is 0.364. The Morgan fingerprint density at radius 2 is 2.13 bits per heavy atom. The predicted molar refractivity (Wildman–Crippen MR) is 117 cm³/mol. The monoisotopic (exact) mass is 441 g/mol. The van der Waals surface area contributed by atoms with Crippen LogP contribution in [0.15, 0.2) is 42.6 Å². The number of pyridine rings is 1. The molecule has 2 aliphatic rings. The molecule has 0 radical (unpaired) electrons. The molecule has 2 aliphatic heterocycles. The van der Waals surface area contributed by atoms with Crippen LogP contribution in [0.25, 0.3) is 0 Å². The van der Waals surface area contributed by atoms with Crippen molar-refractivity contribution in [2.24, 2.45) is 0 Å². The number of carbonyl (C=O) groups is 3. The van der Waals surface area contributed by atoms with E-state index in [1.165, 1.54) is 9.80 Å². The van der Waals surface area contributed by atoms with Crippen LogP contribution in [0, 0.1) is 6.92 Å². The van der Waals surface area contributed by atoms with Crippen molar-refractivity contribution >= 4 is 35.1 Å². The number of carbonyl (C=O) groups excluding carboxylic acids is 3. The number of aromatic nitrogens is 1. The smallest absolute Gasteiger partial charge is 0.324 e. The standard InChI is InChI=1S/C22H24ClN5O3/c1-14-7-8-15(11-17(14)23)26-19(29)13-27-18-6-4-10-25-20(18)21(30)28(22(27)31)12-16-5-2-3-9-24-16/h2-3,5,7-9,11,18,20,25H,4,6,10,12-13H2,1H3,(H,26,29). The molecular formula is C22H24ClN5O3. The van der Waals surface area contributed by atoms with Gasteiger partial charge in [0.15, 0.2) is 0 Å². The Labute approximate surface area is 185 Å². The van der Waals surface area contributed by atoms with E-state index in [9.17, 15) is 14.4 Å². The number of benzene rings is 1. The van der Waals surface area contributed by atoms with E-state index in [-0.39, 0.29) is 30.9 Å². The highest BCUT2D eigenvalue weighted by Crippen LogP contribution is 2.26. The van der Waals surface area contributed by atoms with Gasteiger partial charge < -0.3 is 15.5 Å². The normalized spacial score (nSPS) is 21.1. The van der Waals surface area contributed by atoms with E-state index < -0.39 is 12.1 Å². The number of urea groups is 1. The van der Waals surface area contributed by atoms with Crippen LogP contribution in [0.2, 0.25) is 5.02 Å². The minimum atomic E-state index is -0.531. The van der Waals surface area contributed by atoms with Gasteiger partial charge >= 0.3 is 6.03 Å². The minimum absolute atomic E-state index is 0.0646. The van der Waals surface area contributed by atoms with Gasteiger partial charge in [-0.05, 0) is 56.1 Å². The lowest BCUT2D eigenvalue weighted by molar-refractivity contribution is -0.138. The van der Waals surface area contributed by atoms with Crippen LogP contribution < -0.4 is 10.6 Å². The van der Waals surface area contributed by atoms with Crippen molar-refractivity contribution in [3.63, 3.8) is 0 Å². The zero-order chi connectivity index (χ0) is 22.0. The maximum absolute atomic E-state index is 13.3. The number of nitrogens with zero attached hydrogens (tertiary/aromatic N) is 3. The number of nitrogens with one attached hydrogen (secondary N) is 2. The molecule has 0 spiro atoms. The summed E-state index contributed by atoms with van der Waals surface area (Å²) in [4.78, 5) is 46.0. The molecule has 9 heteroatoms. The van der Waals surface area contributed by atoms with Crippen molar-refractivity contribution in [2.45, 2.75) is 38.4 Å². The van der Waals surface area contributed by atoms with E-state index in [2.05, 4.69) is 15.6 Å². The van der Waals surface area contributed by atoms with Gasteiger partial charge in [-0.2, -0.15) is 0 Å². The molecule has 31 heavy (non-hydrogen) atoms. The SMILES string of the molecule is Cc1ccc(NC(=O)CN2C(=O)N(Cc3ccccn3)C(=O)C3NCCCC32)cc1Cl. The van der Waals surface area contributed by atoms with E-state index in [0.717, 1.165) is 12.0 Å². The topological polar surface area (TPSA) is 94.6 Å². The molecule has 2 saturated heterocycles. The summed E-state index contributed by atoms with van der Waals surface area (Å²) in [5.41, 5.74) is 2.08. The van der Waals surface area contributed by atoms with Gasteiger partial charge in [-0.1, -0.05) is 23.7 Å². The number of piperidine rings is 1. The second kappa shape index (κ2) is 9.03. The molecule has 2 unspecified atom stereocenters. The molecule has 4 rings (SSSR count). The molecule has 1 aromatic heterocycles. The molecular weight excluding hydrogens is 418 g/mol. The number of imide groups is 1. The van der Waals surface area contributed by atoms with E-state index >= 15 is 0 Å². The Hall–Kier alpha value is -2.97. The Kier molecular flexibility index (Phi) is 6.20. The first-order valence-electron chi connectivity index (χ1n) is 10.3. The molecule has 1 aromatic carbocycles. The van der Waals surface area contributed by atoms with Crippen molar-refractivity contribution in [1.29, 1.82) is 0 Å². The summed E-state index contributed by atoms with van der Waals surface area (Å²) in [5.74, 6) is -0.618. The number of aryl methyl sites for hydroxylation is 1. The summed E-state index contributed by atoms with van der Waals surface area (Å²) in [7, 11) is 0. The van der Waals surface area contributed by atoms with Crippen LogP contribution in [0.5, 0.6) is 0 Å². The highest BCUT2D eigenvalue weighted by Gasteiger charge is 2.47. The summed E-state index contributed by atoms with van der Waals surface area (Å²) < 4.78 is 0. The predicted octanol–water partition coefficient (Wildman–Crippen LogP) is 2.57. The van der Waals surface area contributed by atoms with Gasteiger partial charge in [0.1, 0.15) is 12.6 Å². The third-order valence-electron chi connectivity index (χ3n) is 5.65. The van der Waals surface area contributed by atoms with Crippen LogP contribution in [-0.4, -0.2) is 57.8 Å². The summed E-state index contributed by atoms with van der Waals surface area (Å²) in [6, 6.07) is 9.23. The molecule has 2 atom stereocenters. The Bertz CT molecular complexity index is 1000. The van der Waals surface area contributed by atoms with Gasteiger partial charge in [-0.3, -0.25) is 19.5 Å². The molecule has 2 fully saturated rings. The number of hydrogen-bond acceptors (Lipinski definition) is 5. The van der Waals surface area contributed by atoms with Gasteiger partial charge in [0, 0.05) is 16.9 Å². The third-order valence-corrected chi connectivity index (χ3v) is 6.06. The number of anilines is 1. The van der Waals surface area contributed by atoms with Crippen LogP contribution in [-0.2, 0) is 16.1 Å². The van der Waals surface area contributed by atoms with E-state index in [1.807, 2.05) is 13.0 Å². The summed E-state index contributed by atoms with van der Waals surface area (Å²) >= 11 is 6.14. The zero-order valence-electron chi connectivity index (χ0n) is 17.2. The van der Waals surface area contributed by atoms with Crippen molar-refractivity contribution in [3.05, 3.63) is 58.9 Å².